The van der Waals surface area contributed by atoms with Gasteiger partial charge < -0.3 is 14.9 Å². The van der Waals surface area contributed by atoms with Crippen LogP contribution in [0, 0.1) is 0 Å². The normalized spacial score (nSPS) is 14.1. The fraction of sp³-hybridized carbons (Fsp3) is 0.467. The molecule has 2 rings (SSSR count). The highest BCUT2D eigenvalue weighted by Gasteiger charge is 2.23. The molecule has 0 unspecified atom stereocenters. The fourth-order valence-corrected chi connectivity index (χ4v) is 2.52. The van der Waals surface area contributed by atoms with E-state index in [1.165, 1.54) is 0 Å². The predicted octanol–water partition coefficient (Wildman–Crippen LogP) is 1.90. The maximum absolute atomic E-state index is 11.8. The first-order valence-corrected chi connectivity index (χ1v) is 6.89. The summed E-state index contributed by atoms with van der Waals surface area (Å²) in [6.45, 7) is 3.13. The number of anilines is 2. The third-order valence-electron chi connectivity index (χ3n) is 3.68. The Labute approximate surface area is 118 Å². The summed E-state index contributed by atoms with van der Waals surface area (Å²) in [6.07, 6.45) is 1.42. The van der Waals surface area contributed by atoms with Crippen LogP contribution in [0.5, 0.6) is 0 Å². The van der Waals surface area contributed by atoms with Gasteiger partial charge in [-0.2, -0.15) is 0 Å². The van der Waals surface area contributed by atoms with Crippen molar-refractivity contribution in [3.63, 3.8) is 0 Å². The monoisotopic (exact) mass is 276 g/mol. The number of carbonyl (C=O) groups is 2. The van der Waals surface area contributed by atoms with Crippen molar-refractivity contribution >= 4 is 23.3 Å². The van der Waals surface area contributed by atoms with Gasteiger partial charge >= 0.3 is 5.97 Å². The Hall–Kier alpha value is -2.04. The highest BCUT2D eigenvalue weighted by molar-refractivity contribution is 5.96. The quantitative estimate of drug-likeness (QED) is 0.892. The molecule has 1 amide bonds. The maximum atomic E-state index is 11.8. The number of hydrogen-bond donors (Lipinski definition) is 1. The second kappa shape index (κ2) is 5.94. The summed E-state index contributed by atoms with van der Waals surface area (Å²) >= 11 is 0. The molecule has 1 aromatic rings. The summed E-state index contributed by atoms with van der Waals surface area (Å²) in [6, 6.07) is 5.97. The summed E-state index contributed by atoms with van der Waals surface area (Å²) in [5.74, 6) is -0.621. The van der Waals surface area contributed by atoms with Gasteiger partial charge in [-0.15, -0.1) is 0 Å². The van der Waals surface area contributed by atoms with Crippen LogP contribution in [-0.4, -0.2) is 37.1 Å². The minimum atomic E-state index is -0.794. The van der Waals surface area contributed by atoms with Gasteiger partial charge in [0.25, 0.3) is 0 Å². The SMILES string of the molecule is CCN1C(=O)CCc2cc(N(C)CCC(=O)O)ccc21. The summed E-state index contributed by atoms with van der Waals surface area (Å²) in [5.41, 5.74) is 3.14. The number of aliphatic carboxylic acids is 1. The Morgan fingerprint density at radius 3 is 2.80 bits per heavy atom. The van der Waals surface area contributed by atoms with Crippen molar-refractivity contribution < 1.29 is 14.7 Å². The molecular weight excluding hydrogens is 256 g/mol. The van der Waals surface area contributed by atoms with Gasteiger partial charge in [0.2, 0.25) is 5.91 Å². The van der Waals surface area contributed by atoms with E-state index in [1.807, 2.05) is 31.0 Å². The number of rotatable bonds is 5. The summed E-state index contributed by atoms with van der Waals surface area (Å²) in [5, 5.41) is 8.73. The van der Waals surface area contributed by atoms with E-state index in [4.69, 9.17) is 5.11 Å². The van der Waals surface area contributed by atoms with Crippen LogP contribution in [0.4, 0.5) is 11.4 Å². The van der Waals surface area contributed by atoms with Gasteiger partial charge in [0.05, 0.1) is 6.42 Å². The van der Waals surface area contributed by atoms with Crippen LogP contribution < -0.4 is 9.80 Å². The smallest absolute Gasteiger partial charge is 0.305 e. The third-order valence-corrected chi connectivity index (χ3v) is 3.68. The lowest BCUT2D eigenvalue weighted by molar-refractivity contribution is -0.136. The van der Waals surface area contributed by atoms with Crippen molar-refractivity contribution in [3.8, 4) is 0 Å². The second-order valence-electron chi connectivity index (χ2n) is 5.02. The van der Waals surface area contributed by atoms with E-state index < -0.39 is 5.97 Å². The average Bonchev–Trinajstić information content (AvgIpc) is 2.44. The zero-order chi connectivity index (χ0) is 14.7. The Bertz CT molecular complexity index is 528. The molecule has 0 saturated heterocycles. The lowest BCUT2D eigenvalue weighted by atomic mass is 10.00. The lowest BCUT2D eigenvalue weighted by Gasteiger charge is -2.30. The summed E-state index contributed by atoms with van der Waals surface area (Å²) in [4.78, 5) is 26.2. The van der Waals surface area contributed by atoms with E-state index in [2.05, 4.69) is 6.07 Å². The Kier molecular flexibility index (Phi) is 4.27. The molecule has 1 heterocycles. The zero-order valence-electron chi connectivity index (χ0n) is 11.9. The van der Waals surface area contributed by atoms with Gasteiger partial charge in [-0.1, -0.05) is 0 Å². The van der Waals surface area contributed by atoms with Crippen LogP contribution in [0.15, 0.2) is 18.2 Å². The molecule has 0 aromatic heterocycles. The zero-order valence-corrected chi connectivity index (χ0v) is 11.9. The number of fused-ring (bicyclic) bond motifs is 1. The van der Waals surface area contributed by atoms with Gasteiger partial charge in [0.1, 0.15) is 0 Å². The molecule has 0 atom stereocenters. The van der Waals surface area contributed by atoms with E-state index >= 15 is 0 Å². The van der Waals surface area contributed by atoms with Gasteiger partial charge in [0, 0.05) is 37.9 Å². The van der Waals surface area contributed by atoms with Crippen LogP contribution in [-0.2, 0) is 16.0 Å². The molecule has 1 aromatic carbocycles. The van der Waals surface area contributed by atoms with E-state index in [1.54, 1.807) is 4.90 Å². The molecule has 1 aliphatic heterocycles. The van der Waals surface area contributed by atoms with Crippen molar-refractivity contribution in [1.29, 1.82) is 0 Å². The number of carbonyl (C=O) groups excluding carboxylic acids is 1. The van der Waals surface area contributed by atoms with Crippen molar-refractivity contribution in [2.75, 3.05) is 29.9 Å². The first kappa shape index (κ1) is 14.4. The number of carboxylic acid groups (broad SMARTS) is 1. The molecule has 0 saturated carbocycles. The van der Waals surface area contributed by atoms with E-state index in [9.17, 15) is 9.59 Å². The Balaban J connectivity index is 2.19. The minimum absolute atomic E-state index is 0.118. The molecule has 5 heteroatoms. The fourth-order valence-electron chi connectivity index (χ4n) is 2.52. The topological polar surface area (TPSA) is 60.9 Å². The molecular formula is C15H20N2O3. The molecule has 5 nitrogen and oxygen atoms in total. The van der Waals surface area contributed by atoms with Gasteiger partial charge in [-0.3, -0.25) is 9.59 Å². The third kappa shape index (κ3) is 2.92. The van der Waals surface area contributed by atoms with Gasteiger partial charge in [-0.25, -0.2) is 0 Å². The average molecular weight is 276 g/mol. The van der Waals surface area contributed by atoms with Crippen LogP contribution in [0.2, 0.25) is 0 Å². The molecule has 0 spiro atoms. The molecule has 1 aliphatic rings. The minimum Gasteiger partial charge on any atom is -0.481 e. The number of benzene rings is 1. The molecule has 0 bridgehead atoms. The van der Waals surface area contributed by atoms with E-state index in [-0.39, 0.29) is 12.3 Å². The van der Waals surface area contributed by atoms with Crippen molar-refractivity contribution in [3.05, 3.63) is 23.8 Å². The maximum Gasteiger partial charge on any atom is 0.305 e. The van der Waals surface area contributed by atoms with E-state index in [0.717, 1.165) is 23.4 Å². The largest absolute Gasteiger partial charge is 0.481 e. The van der Waals surface area contributed by atoms with Crippen LogP contribution in [0.25, 0.3) is 0 Å². The molecule has 20 heavy (non-hydrogen) atoms. The highest BCUT2D eigenvalue weighted by Crippen LogP contribution is 2.31. The molecule has 108 valence electrons. The highest BCUT2D eigenvalue weighted by atomic mass is 16.4. The molecule has 1 N–H and O–H groups in total. The standard InChI is InChI=1S/C15H20N2O3/c1-3-17-13-6-5-12(16(2)9-8-15(19)20)10-11(13)4-7-14(17)18/h5-6,10H,3-4,7-9H2,1-2H3,(H,19,20). The number of nitrogens with zero attached hydrogens (tertiary/aromatic N) is 2. The van der Waals surface area contributed by atoms with Crippen LogP contribution in [0.1, 0.15) is 25.3 Å². The van der Waals surface area contributed by atoms with Crippen molar-refractivity contribution in [2.24, 2.45) is 0 Å². The predicted molar refractivity (Wildman–Crippen MR) is 78.3 cm³/mol. The summed E-state index contributed by atoms with van der Waals surface area (Å²) in [7, 11) is 1.89. The second-order valence-corrected chi connectivity index (χ2v) is 5.02. The van der Waals surface area contributed by atoms with Gasteiger partial charge in [-0.05, 0) is 37.1 Å². The first-order chi connectivity index (χ1) is 9.52. The van der Waals surface area contributed by atoms with Crippen molar-refractivity contribution in [2.45, 2.75) is 26.2 Å². The molecule has 0 aliphatic carbocycles. The van der Waals surface area contributed by atoms with Crippen LogP contribution >= 0.6 is 0 Å². The Morgan fingerprint density at radius 2 is 2.15 bits per heavy atom. The summed E-state index contributed by atoms with van der Waals surface area (Å²) < 4.78 is 0. The number of aryl methyl sites for hydroxylation is 1. The van der Waals surface area contributed by atoms with Crippen molar-refractivity contribution in [1.82, 2.24) is 0 Å². The first-order valence-electron chi connectivity index (χ1n) is 6.89. The van der Waals surface area contributed by atoms with Gasteiger partial charge in [0.15, 0.2) is 0 Å². The number of amides is 1. The number of hydrogen-bond acceptors (Lipinski definition) is 3. The van der Waals surface area contributed by atoms with E-state index in [0.29, 0.717) is 19.5 Å². The number of carboxylic acids is 1. The molecule has 0 fully saturated rings. The van der Waals surface area contributed by atoms with Crippen LogP contribution in [0.3, 0.4) is 0 Å². The Morgan fingerprint density at radius 1 is 1.40 bits per heavy atom. The molecule has 0 radical (unpaired) electrons. The lowest BCUT2D eigenvalue weighted by Crippen LogP contribution is -2.35.